The van der Waals surface area contributed by atoms with Crippen LogP contribution in [0.4, 0.5) is 5.82 Å². The van der Waals surface area contributed by atoms with Crippen molar-refractivity contribution in [1.29, 1.82) is 0 Å². The van der Waals surface area contributed by atoms with Crippen molar-refractivity contribution in [2.24, 2.45) is 0 Å². The number of hydrogen-bond donors (Lipinski definition) is 1. The number of aromatic nitrogens is 1. The van der Waals surface area contributed by atoms with Crippen molar-refractivity contribution in [2.45, 2.75) is 32.7 Å². The molecule has 0 radical (unpaired) electrons. The summed E-state index contributed by atoms with van der Waals surface area (Å²) < 4.78 is 5.38. The van der Waals surface area contributed by atoms with E-state index in [4.69, 9.17) is 10.5 Å². The zero-order valence-corrected chi connectivity index (χ0v) is 12.5. The fourth-order valence-electron chi connectivity index (χ4n) is 2.73. The Hall–Kier alpha value is -1.46. The largest absolute Gasteiger partial charge is 0.383 e. The SMILES string of the molecule is CCC(C)(C(=O)c1c(C)ccnc1N)N1CCOCC1. The number of Topliss-reactive ketones (excluding diaryl/α,β-unsaturated/α-hetero) is 1. The standard InChI is InChI=1S/C15H23N3O2/c1-4-15(3,18-7-9-20-10-8-18)13(19)12-11(2)5-6-17-14(12)16/h5-6H,4,7-10H2,1-3H3,(H2,16,17). The number of rotatable bonds is 4. The number of hydrogen-bond acceptors (Lipinski definition) is 5. The van der Waals surface area contributed by atoms with E-state index in [1.165, 1.54) is 0 Å². The van der Waals surface area contributed by atoms with Crippen LogP contribution in [0.3, 0.4) is 0 Å². The quantitative estimate of drug-likeness (QED) is 0.848. The van der Waals surface area contributed by atoms with E-state index < -0.39 is 5.54 Å². The third kappa shape index (κ3) is 2.55. The maximum Gasteiger partial charge on any atom is 0.186 e. The van der Waals surface area contributed by atoms with Crippen LogP contribution < -0.4 is 5.73 Å². The lowest BCUT2D eigenvalue weighted by Crippen LogP contribution is -2.56. The maximum absolute atomic E-state index is 13.0. The molecular formula is C15H23N3O2. The van der Waals surface area contributed by atoms with Gasteiger partial charge in [-0.15, -0.1) is 0 Å². The fraction of sp³-hybridized carbons (Fsp3) is 0.600. The Kier molecular flexibility index (Phi) is 4.40. The van der Waals surface area contributed by atoms with Crippen LogP contribution in [0.25, 0.3) is 0 Å². The second-order valence-electron chi connectivity index (χ2n) is 5.44. The zero-order valence-electron chi connectivity index (χ0n) is 12.5. The van der Waals surface area contributed by atoms with E-state index in [1.54, 1.807) is 6.20 Å². The average Bonchev–Trinajstić information content (AvgIpc) is 2.47. The molecule has 1 aliphatic heterocycles. The van der Waals surface area contributed by atoms with Gasteiger partial charge in [0.15, 0.2) is 5.78 Å². The minimum Gasteiger partial charge on any atom is -0.383 e. The summed E-state index contributed by atoms with van der Waals surface area (Å²) in [6.07, 6.45) is 2.37. The predicted octanol–water partition coefficient (Wildman–Crippen LogP) is 1.66. The summed E-state index contributed by atoms with van der Waals surface area (Å²) in [6.45, 7) is 8.82. The lowest BCUT2D eigenvalue weighted by Gasteiger charge is -2.41. The van der Waals surface area contributed by atoms with Crippen molar-refractivity contribution >= 4 is 11.6 Å². The van der Waals surface area contributed by atoms with Gasteiger partial charge in [0.25, 0.3) is 0 Å². The van der Waals surface area contributed by atoms with Gasteiger partial charge >= 0.3 is 0 Å². The molecule has 20 heavy (non-hydrogen) atoms. The van der Waals surface area contributed by atoms with E-state index >= 15 is 0 Å². The number of morpholine rings is 1. The van der Waals surface area contributed by atoms with E-state index in [1.807, 2.05) is 26.8 Å². The number of aryl methyl sites for hydroxylation is 1. The number of anilines is 1. The van der Waals surface area contributed by atoms with Crippen LogP contribution in [0.15, 0.2) is 12.3 Å². The number of nitrogen functional groups attached to an aromatic ring is 1. The van der Waals surface area contributed by atoms with E-state index in [-0.39, 0.29) is 5.78 Å². The molecule has 0 bridgehead atoms. The molecule has 1 fully saturated rings. The molecule has 0 amide bonds. The van der Waals surface area contributed by atoms with Crippen LogP contribution in [0, 0.1) is 6.92 Å². The van der Waals surface area contributed by atoms with Crippen LogP contribution in [0.1, 0.15) is 36.2 Å². The molecule has 1 aromatic heterocycles. The minimum atomic E-state index is -0.550. The first-order valence-corrected chi connectivity index (χ1v) is 7.09. The highest BCUT2D eigenvalue weighted by Gasteiger charge is 2.40. The first-order valence-electron chi connectivity index (χ1n) is 7.09. The second kappa shape index (κ2) is 5.89. The first-order chi connectivity index (χ1) is 9.50. The maximum atomic E-state index is 13.0. The Bertz CT molecular complexity index is 478. The van der Waals surface area contributed by atoms with Gasteiger partial charge in [-0.05, 0) is 31.9 Å². The van der Waals surface area contributed by atoms with E-state index in [2.05, 4.69) is 9.88 Å². The minimum absolute atomic E-state index is 0.0602. The van der Waals surface area contributed by atoms with Crippen molar-refractivity contribution in [1.82, 2.24) is 9.88 Å². The van der Waals surface area contributed by atoms with Gasteiger partial charge < -0.3 is 10.5 Å². The molecule has 2 rings (SSSR count). The Morgan fingerprint density at radius 2 is 2.15 bits per heavy atom. The summed E-state index contributed by atoms with van der Waals surface area (Å²) in [6, 6.07) is 1.83. The first kappa shape index (κ1) is 14.9. The topological polar surface area (TPSA) is 68.5 Å². The van der Waals surface area contributed by atoms with Crippen molar-refractivity contribution in [2.75, 3.05) is 32.0 Å². The summed E-state index contributed by atoms with van der Waals surface area (Å²) in [7, 11) is 0. The molecule has 5 nitrogen and oxygen atoms in total. The fourth-order valence-corrected chi connectivity index (χ4v) is 2.73. The Labute approximate surface area is 120 Å². The van der Waals surface area contributed by atoms with Crippen LogP contribution in [0.2, 0.25) is 0 Å². The molecule has 1 unspecified atom stereocenters. The third-order valence-corrected chi connectivity index (χ3v) is 4.30. The molecule has 1 aromatic rings. The normalized spacial score (nSPS) is 19.6. The number of ether oxygens (including phenoxy) is 1. The van der Waals surface area contributed by atoms with Gasteiger partial charge in [-0.1, -0.05) is 6.92 Å². The molecule has 110 valence electrons. The summed E-state index contributed by atoms with van der Waals surface area (Å²) in [5.74, 6) is 0.382. The summed E-state index contributed by atoms with van der Waals surface area (Å²) >= 11 is 0. The van der Waals surface area contributed by atoms with Gasteiger partial charge in [0, 0.05) is 19.3 Å². The van der Waals surface area contributed by atoms with Crippen molar-refractivity contribution in [3.05, 3.63) is 23.4 Å². The van der Waals surface area contributed by atoms with E-state index in [0.717, 1.165) is 25.1 Å². The Morgan fingerprint density at radius 1 is 1.50 bits per heavy atom. The second-order valence-corrected chi connectivity index (χ2v) is 5.44. The highest BCUT2D eigenvalue weighted by molar-refractivity contribution is 6.07. The molecular weight excluding hydrogens is 254 g/mol. The van der Waals surface area contributed by atoms with Gasteiger partial charge in [-0.2, -0.15) is 0 Å². The molecule has 0 spiro atoms. The molecule has 1 saturated heterocycles. The summed E-state index contributed by atoms with van der Waals surface area (Å²) in [4.78, 5) is 19.3. The van der Waals surface area contributed by atoms with E-state index in [0.29, 0.717) is 24.6 Å². The van der Waals surface area contributed by atoms with E-state index in [9.17, 15) is 4.79 Å². The van der Waals surface area contributed by atoms with Crippen molar-refractivity contribution in [3.8, 4) is 0 Å². The smallest absolute Gasteiger partial charge is 0.186 e. The zero-order chi connectivity index (χ0) is 14.8. The average molecular weight is 277 g/mol. The van der Waals surface area contributed by atoms with Crippen molar-refractivity contribution in [3.63, 3.8) is 0 Å². The molecule has 2 heterocycles. The Morgan fingerprint density at radius 3 is 2.70 bits per heavy atom. The van der Waals surface area contributed by atoms with Crippen LogP contribution >= 0.6 is 0 Å². The number of carbonyl (C=O) groups is 1. The number of pyridine rings is 1. The molecule has 0 aliphatic carbocycles. The lowest BCUT2D eigenvalue weighted by molar-refractivity contribution is -0.0106. The van der Waals surface area contributed by atoms with Gasteiger partial charge in [0.2, 0.25) is 0 Å². The predicted molar refractivity (Wildman–Crippen MR) is 78.8 cm³/mol. The van der Waals surface area contributed by atoms with Crippen LogP contribution in [-0.4, -0.2) is 47.5 Å². The number of ketones is 1. The number of nitrogens with zero attached hydrogens (tertiary/aromatic N) is 2. The third-order valence-electron chi connectivity index (χ3n) is 4.30. The molecule has 5 heteroatoms. The summed E-state index contributed by atoms with van der Waals surface area (Å²) in [5, 5.41) is 0. The number of carbonyl (C=O) groups excluding carboxylic acids is 1. The number of nitrogens with two attached hydrogens (primary N) is 1. The van der Waals surface area contributed by atoms with Crippen molar-refractivity contribution < 1.29 is 9.53 Å². The highest BCUT2D eigenvalue weighted by Crippen LogP contribution is 2.28. The Balaban J connectivity index is 2.37. The van der Waals surface area contributed by atoms with Crippen LogP contribution in [0.5, 0.6) is 0 Å². The molecule has 1 aliphatic rings. The molecule has 2 N–H and O–H groups in total. The highest BCUT2D eigenvalue weighted by atomic mass is 16.5. The van der Waals surface area contributed by atoms with Gasteiger partial charge in [0.1, 0.15) is 5.82 Å². The van der Waals surface area contributed by atoms with Gasteiger partial charge in [-0.3, -0.25) is 9.69 Å². The van der Waals surface area contributed by atoms with Gasteiger partial charge in [-0.25, -0.2) is 4.98 Å². The van der Waals surface area contributed by atoms with Crippen LogP contribution in [-0.2, 0) is 4.74 Å². The lowest BCUT2D eigenvalue weighted by atomic mass is 9.85. The molecule has 0 saturated carbocycles. The molecule has 1 atom stereocenters. The monoisotopic (exact) mass is 277 g/mol. The van der Waals surface area contributed by atoms with Gasteiger partial charge in [0.05, 0.1) is 24.3 Å². The molecule has 0 aromatic carbocycles. The summed E-state index contributed by atoms with van der Waals surface area (Å²) in [5.41, 5.74) is 6.82.